The van der Waals surface area contributed by atoms with Gasteiger partial charge in [0, 0.05) is 38.8 Å². The summed E-state index contributed by atoms with van der Waals surface area (Å²) in [6.45, 7) is 5.91. The molecule has 1 aromatic rings. The van der Waals surface area contributed by atoms with Crippen molar-refractivity contribution in [3.8, 4) is 5.75 Å². The van der Waals surface area contributed by atoms with Gasteiger partial charge in [0.2, 0.25) is 5.91 Å². The highest BCUT2D eigenvalue weighted by Gasteiger charge is 2.27. The summed E-state index contributed by atoms with van der Waals surface area (Å²) in [6, 6.07) is 5.96. The molecule has 1 aromatic carbocycles. The molecule has 0 N–H and O–H groups in total. The molecule has 2 aliphatic heterocycles. The number of nitrogens with zero attached hydrogens (tertiary/aromatic N) is 3. The lowest BCUT2D eigenvalue weighted by molar-refractivity contribution is -0.138. The van der Waals surface area contributed by atoms with Crippen molar-refractivity contribution >= 4 is 11.8 Å². The Morgan fingerprint density at radius 1 is 1.04 bits per heavy atom. The minimum Gasteiger partial charge on any atom is -0.484 e. The van der Waals surface area contributed by atoms with Crippen molar-refractivity contribution in [3.05, 3.63) is 30.1 Å². The van der Waals surface area contributed by atoms with Crippen molar-refractivity contribution < 1.29 is 18.7 Å². The van der Waals surface area contributed by atoms with Crippen molar-refractivity contribution in [1.29, 1.82) is 0 Å². The van der Waals surface area contributed by atoms with Crippen LogP contribution in [0.25, 0.3) is 0 Å². The van der Waals surface area contributed by atoms with Gasteiger partial charge in [-0.2, -0.15) is 0 Å². The molecule has 1 atom stereocenters. The van der Waals surface area contributed by atoms with E-state index in [1.807, 2.05) is 4.90 Å². The highest BCUT2D eigenvalue weighted by Crippen LogP contribution is 2.17. The van der Waals surface area contributed by atoms with Crippen LogP contribution in [0.4, 0.5) is 4.39 Å². The van der Waals surface area contributed by atoms with Gasteiger partial charge in [-0.05, 0) is 50.5 Å². The molecule has 2 amide bonds. The zero-order valence-corrected chi connectivity index (χ0v) is 15.9. The first-order valence-corrected chi connectivity index (χ1v) is 9.71. The smallest absolute Gasteiger partial charge is 0.260 e. The molecule has 148 valence electrons. The van der Waals surface area contributed by atoms with E-state index in [1.165, 1.54) is 30.7 Å². The second kappa shape index (κ2) is 9.17. The van der Waals surface area contributed by atoms with Crippen LogP contribution < -0.4 is 4.74 Å². The summed E-state index contributed by atoms with van der Waals surface area (Å²) in [4.78, 5) is 30.7. The summed E-state index contributed by atoms with van der Waals surface area (Å²) in [5.41, 5.74) is 0. The van der Waals surface area contributed by atoms with E-state index in [0.717, 1.165) is 19.4 Å². The molecule has 6 nitrogen and oxygen atoms in total. The van der Waals surface area contributed by atoms with Gasteiger partial charge in [-0.1, -0.05) is 0 Å². The molecule has 3 rings (SSSR count). The lowest BCUT2D eigenvalue weighted by Gasteiger charge is -2.38. The molecule has 2 heterocycles. The van der Waals surface area contributed by atoms with Crippen molar-refractivity contribution in [1.82, 2.24) is 14.7 Å². The third-order valence-corrected chi connectivity index (χ3v) is 5.38. The van der Waals surface area contributed by atoms with Gasteiger partial charge in [0.25, 0.3) is 5.91 Å². The topological polar surface area (TPSA) is 53.1 Å². The number of ether oxygens (including phenoxy) is 1. The number of carbonyl (C=O) groups is 2. The average molecular weight is 377 g/mol. The Balaban J connectivity index is 1.39. The molecule has 7 heteroatoms. The Kier molecular flexibility index (Phi) is 6.66. The number of rotatable bonds is 5. The molecular formula is C20H28FN3O3. The van der Waals surface area contributed by atoms with Gasteiger partial charge in [0.1, 0.15) is 11.6 Å². The number of benzene rings is 1. The minimum absolute atomic E-state index is 0.0597. The fourth-order valence-electron chi connectivity index (χ4n) is 3.67. The van der Waals surface area contributed by atoms with Gasteiger partial charge in [-0.3, -0.25) is 14.5 Å². The number of likely N-dealkylation sites (tertiary alicyclic amines) is 1. The molecule has 2 aliphatic rings. The second-order valence-electron chi connectivity index (χ2n) is 7.33. The van der Waals surface area contributed by atoms with Gasteiger partial charge >= 0.3 is 0 Å². The Morgan fingerprint density at radius 3 is 2.41 bits per heavy atom. The van der Waals surface area contributed by atoms with Crippen molar-refractivity contribution in [2.24, 2.45) is 0 Å². The maximum Gasteiger partial charge on any atom is 0.260 e. The Hall–Kier alpha value is -2.15. The molecule has 0 bridgehead atoms. The molecule has 0 aliphatic carbocycles. The number of halogens is 1. The standard InChI is InChI=1S/C20H28FN3O3/c1-16-4-2-3-9-24(16)19(25)14-22-10-12-23(13-11-22)20(26)15-27-18-7-5-17(21)6-8-18/h5-8,16H,2-4,9-15H2,1H3. The van der Waals surface area contributed by atoms with E-state index in [9.17, 15) is 14.0 Å². The van der Waals surface area contributed by atoms with E-state index in [2.05, 4.69) is 11.8 Å². The van der Waals surface area contributed by atoms with Gasteiger partial charge < -0.3 is 14.5 Å². The summed E-state index contributed by atoms with van der Waals surface area (Å²) in [5, 5.41) is 0. The average Bonchev–Trinajstić information content (AvgIpc) is 2.68. The molecular weight excluding hydrogens is 349 g/mol. The Labute approximate surface area is 159 Å². The molecule has 2 saturated heterocycles. The van der Waals surface area contributed by atoms with Crippen LogP contribution in [0.1, 0.15) is 26.2 Å². The third kappa shape index (κ3) is 5.42. The van der Waals surface area contributed by atoms with E-state index in [4.69, 9.17) is 4.74 Å². The summed E-state index contributed by atoms with van der Waals surface area (Å²) in [6.07, 6.45) is 3.38. The minimum atomic E-state index is -0.335. The third-order valence-electron chi connectivity index (χ3n) is 5.38. The van der Waals surface area contributed by atoms with Crippen LogP contribution in [-0.2, 0) is 9.59 Å². The number of hydrogen-bond acceptors (Lipinski definition) is 4. The summed E-state index contributed by atoms with van der Waals surface area (Å²) in [7, 11) is 0. The molecule has 27 heavy (non-hydrogen) atoms. The van der Waals surface area contributed by atoms with Crippen molar-refractivity contribution in [3.63, 3.8) is 0 Å². The van der Waals surface area contributed by atoms with E-state index < -0.39 is 0 Å². The molecule has 0 spiro atoms. The lowest BCUT2D eigenvalue weighted by Crippen LogP contribution is -2.53. The van der Waals surface area contributed by atoms with Crippen molar-refractivity contribution in [2.45, 2.75) is 32.2 Å². The van der Waals surface area contributed by atoms with Crippen LogP contribution in [-0.4, -0.2) is 78.4 Å². The van der Waals surface area contributed by atoms with Crippen LogP contribution in [0, 0.1) is 5.82 Å². The molecule has 0 radical (unpaired) electrons. The van der Waals surface area contributed by atoms with E-state index in [-0.39, 0.29) is 24.2 Å². The van der Waals surface area contributed by atoms with Crippen LogP contribution >= 0.6 is 0 Å². The highest BCUT2D eigenvalue weighted by molar-refractivity contribution is 5.79. The van der Waals surface area contributed by atoms with Crippen LogP contribution in [0.5, 0.6) is 5.75 Å². The van der Waals surface area contributed by atoms with Gasteiger partial charge in [-0.25, -0.2) is 4.39 Å². The SMILES string of the molecule is CC1CCCCN1C(=O)CN1CCN(C(=O)COc2ccc(F)cc2)CC1. The predicted octanol–water partition coefficient (Wildman–Crippen LogP) is 1.75. The highest BCUT2D eigenvalue weighted by atomic mass is 19.1. The first-order valence-electron chi connectivity index (χ1n) is 9.71. The number of amides is 2. The van der Waals surface area contributed by atoms with Crippen molar-refractivity contribution in [2.75, 3.05) is 45.9 Å². The molecule has 0 saturated carbocycles. The fourth-order valence-corrected chi connectivity index (χ4v) is 3.67. The number of piperidine rings is 1. The molecule has 2 fully saturated rings. The summed E-state index contributed by atoms with van der Waals surface area (Å²) in [5.74, 6) is 0.250. The monoisotopic (exact) mass is 377 g/mol. The largest absolute Gasteiger partial charge is 0.484 e. The first kappa shape index (κ1) is 19.6. The maximum absolute atomic E-state index is 12.9. The van der Waals surface area contributed by atoms with Gasteiger partial charge in [-0.15, -0.1) is 0 Å². The van der Waals surface area contributed by atoms with Crippen LogP contribution in [0.3, 0.4) is 0 Å². The Morgan fingerprint density at radius 2 is 1.74 bits per heavy atom. The van der Waals surface area contributed by atoms with Crippen LogP contribution in [0.2, 0.25) is 0 Å². The van der Waals surface area contributed by atoms with E-state index in [0.29, 0.717) is 44.5 Å². The second-order valence-corrected chi connectivity index (χ2v) is 7.33. The predicted molar refractivity (Wildman–Crippen MR) is 99.9 cm³/mol. The van der Waals surface area contributed by atoms with E-state index >= 15 is 0 Å². The maximum atomic E-state index is 12.9. The fraction of sp³-hybridized carbons (Fsp3) is 0.600. The zero-order chi connectivity index (χ0) is 19.2. The van der Waals surface area contributed by atoms with Crippen LogP contribution in [0.15, 0.2) is 24.3 Å². The summed E-state index contributed by atoms with van der Waals surface area (Å²) >= 11 is 0. The number of hydrogen-bond donors (Lipinski definition) is 0. The van der Waals surface area contributed by atoms with E-state index in [1.54, 1.807) is 4.90 Å². The normalized spacial score (nSPS) is 21.2. The number of piperazine rings is 1. The van der Waals surface area contributed by atoms with Gasteiger partial charge in [0.15, 0.2) is 6.61 Å². The lowest BCUT2D eigenvalue weighted by atomic mass is 10.0. The number of carbonyl (C=O) groups excluding carboxylic acids is 2. The first-order chi connectivity index (χ1) is 13.0. The van der Waals surface area contributed by atoms with Gasteiger partial charge in [0.05, 0.1) is 6.54 Å². The summed E-state index contributed by atoms with van der Waals surface area (Å²) < 4.78 is 18.3. The molecule has 1 unspecified atom stereocenters. The Bertz CT molecular complexity index is 644. The molecule has 0 aromatic heterocycles. The zero-order valence-electron chi connectivity index (χ0n) is 15.9. The quantitative estimate of drug-likeness (QED) is 0.785.